The minimum Gasteiger partial charge on any atom is -0.306 e. The Morgan fingerprint density at radius 3 is 2.61 bits per heavy atom. The van der Waals surface area contributed by atoms with Crippen LogP contribution in [-0.4, -0.2) is 9.97 Å². The van der Waals surface area contributed by atoms with Crippen LogP contribution in [0.5, 0.6) is 0 Å². The molecule has 0 saturated carbocycles. The molecule has 1 N–H and O–H groups in total. The van der Waals surface area contributed by atoms with Gasteiger partial charge in [0.2, 0.25) is 0 Å². The van der Waals surface area contributed by atoms with Crippen LogP contribution in [0.1, 0.15) is 10.4 Å². The highest BCUT2D eigenvalue weighted by Gasteiger charge is 2.08. The Bertz CT molecular complexity index is 769. The monoisotopic (exact) mass is 256 g/mol. The van der Waals surface area contributed by atoms with Crippen molar-refractivity contribution in [1.82, 2.24) is 9.97 Å². The first-order valence-electron chi connectivity index (χ1n) is 5.71. The molecular weight excluding hydrogens is 244 g/mol. The van der Waals surface area contributed by atoms with E-state index in [4.69, 9.17) is 0 Å². The molecule has 0 saturated heterocycles. The normalized spacial score (nSPS) is 11.0. The maximum atomic E-state index is 12.0. The summed E-state index contributed by atoms with van der Waals surface area (Å²) in [6.07, 6.45) is 0. The van der Waals surface area contributed by atoms with Crippen LogP contribution in [0.2, 0.25) is 0 Å². The summed E-state index contributed by atoms with van der Waals surface area (Å²) in [5, 5.41) is 0.674. The molecule has 0 atom stereocenters. The van der Waals surface area contributed by atoms with Gasteiger partial charge < -0.3 is 4.98 Å². The van der Waals surface area contributed by atoms with Crippen molar-refractivity contribution in [3.63, 3.8) is 0 Å². The summed E-state index contributed by atoms with van der Waals surface area (Å²) < 4.78 is 0. The molecule has 2 aromatic heterocycles. The van der Waals surface area contributed by atoms with Gasteiger partial charge in [-0.1, -0.05) is 29.8 Å². The van der Waals surface area contributed by atoms with E-state index >= 15 is 0 Å². The molecule has 0 fully saturated rings. The van der Waals surface area contributed by atoms with Gasteiger partial charge in [0.15, 0.2) is 0 Å². The predicted octanol–water partition coefficient (Wildman–Crippen LogP) is 3.27. The number of hydrogen-bond donors (Lipinski definition) is 1. The van der Waals surface area contributed by atoms with E-state index in [1.807, 2.05) is 44.2 Å². The van der Waals surface area contributed by atoms with E-state index in [-0.39, 0.29) is 5.56 Å². The highest BCUT2D eigenvalue weighted by molar-refractivity contribution is 7.18. The Morgan fingerprint density at radius 1 is 1.17 bits per heavy atom. The fraction of sp³-hybridized carbons (Fsp3) is 0.143. The lowest BCUT2D eigenvalue weighted by molar-refractivity contribution is 1.19. The number of aryl methyl sites for hydroxylation is 2. The average molecular weight is 256 g/mol. The number of nitrogens with zero attached hydrogens (tertiary/aromatic N) is 1. The zero-order chi connectivity index (χ0) is 12.7. The van der Waals surface area contributed by atoms with E-state index in [0.29, 0.717) is 11.2 Å². The number of aromatic amines is 1. The third-order valence-electron chi connectivity index (χ3n) is 2.85. The van der Waals surface area contributed by atoms with Crippen LogP contribution < -0.4 is 5.56 Å². The molecule has 3 nitrogen and oxygen atoms in total. The van der Waals surface area contributed by atoms with Gasteiger partial charge >= 0.3 is 0 Å². The lowest BCUT2D eigenvalue weighted by atomic mass is 10.1. The molecule has 18 heavy (non-hydrogen) atoms. The fourth-order valence-corrected chi connectivity index (χ4v) is 2.78. The first-order chi connectivity index (χ1) is 8.63. The van der Waals surface area contributed by atoms with Crippen molar-refractivity contribution < 1.29 is 0 Å². The van der Waals surface area contributed by atoms with Crippen molar-refractivity contribution in [2.75, 3.05) is 0 Å². The predicted molar refractivity (Wildman–Crippen MR) is 75.2 cm³/mol. The first kappa shape index (κ1) is 11.2. The largest absolute Gasteiger partial charge is 0.306 e. The lowest BCUT2D eigenvalue weighted by Gasteiger charge is -2.01. The molecule has 0 amide bonds. The van der Waals surface area contributed by atoms with Crippen molar-refractivity contribution >= 4 is 21.6 Å². The van der Waals surface area contributed by atoms with Gasteiger partial charge in [0.05, 0.1) is 5.39 Å². The molecular formula is C14H12N2OS. The van der Waals surface area contributed by atoms with E-state index in [9.17, 15) is 4.79 Å². The molecule has 0 radical (unpaired) electrons. The van der Waals surface area contributed by atoms with Gasteiger partial charge in [-0.3, -0.25) is 4.79 Å². The molecule has 90 valence electrons. The highest BCUT2D eigenvalue weighted by atomic mass is 32.1. The van der Waals surface area contributed by atoms with Gasteiger partial charge in [-0.05, 0) is 19.9 Å². The van der Waals surface area contributed by atoms with Crippen LogP contribution in [0.3, 0.4) is 0 Å². The number of benzene rings is 1. The molecule has 0 aliphatic heterocycles. The van der Waals surface area contributed by atoms with Crippen LogP contribution in [0, 0.1) is 13.8 Å². The van der Waals surface area contributed by atoms with Crippen LogP contribution in [0.25, 0.3) is 21.6 Å². The molecule has 0 bridgehead atoms. The number of aromatic nitrogens is 2. The summed E-state index contributed by atoms with van der Waals surface area (Å²) in [6.45, 7) is 4.02. The smallest absolute Gasteiger partial charge is 0.259 e. The van der Waals surface area contributed by atoms with E-state index in [2.05, 4.69) is 9.97 Å². The minimum absolute atomic E-state index is 0.0695. The zero-order valence-corrected chi connectivity index (χ0v) is 11.0. The average Bonchev–Trinajstić information content (AvgIpc) is 2.71. The Kier molecular flexibility index (Phi) is 2.52. The number of H-pyrrole nitrogens is 1. The second kappa shape index (κ2) is 4.07. The molecule has 0 spiro atoms. The van der Waals surface area contributed by atoms with Gasteiger partial charge in [0.1, 0.15) is 10.7 Å². The topological polar surface area (TPSA) is 45.8 Å². The Balaban J connectivity index is 2.24. The van der Waals surface area contributed by atoms with Gasteiger partial charge in [-0.25, -0.2) is 4.98 Å². The third-order valence-corrected chi connectivity index (χ3v) is 3.79. The van der Waals surface area contributed by atoms with Crippen LogP contribution in [-0.2, 0) is 0 Å². The SMILES string of the molecule is Cc1ccc(-c2nc3sc(C)cc3c(=O)[nH]2)cc1. The van der Waals surface area contributed by atoms with Gasteiger partial charge in [-0.15, -0.1) is 11.3 Å². The van der Waals surface area contributed by atoms with E-state index in [0.717, 1.165) is 15.3 Å². The van der Waals surface area contributed by atoms with Gasteiger partial charge in [0.25, 0.3) is 5.56 Å². The van der Waals surface area contributed by atoms with Crippen molar-refractivity contribution in [3.05, 3.63) is 51.1 Å². The maximum Gasteiger partial charge on any atom is 0.259 e. The van der Waals surface area contributed by atoms with Gasteiger partial charge in [0, 0.05) is 10.4 Å². The van der Waals surface area contributed by atoms with Gasteiger partial charge in [-0.2, -0.15) is 0 Å². The summed E-state index contributed by atoms with van der Waals surface area (Å²) >= 11 is 1.55. The molecule has 1 aromatic carbocycles. The molecule has 3 rings (SSSR count). The Hall–Kier alpha value is -1.94. The molecule has 0 unspecified atom stereocenters. The summed E-state index contributed by atoms with van der Waals surface area (Å²) in [5.74, 6) is 0.634. The molecule has 3 aromatic rings. The van der Waals surface area contributed by atoms with Crippen molar-refractivity contribution in [3.8, 4) is 11.4 Å². The number of fused-ring (bicyclic) bond motifs is 1. The summed E-state index contributed by atoms with van der Waals surface area (Å²) in [6, 6.07) is 9.85. The number of nitrogens with one attached hydrogen (secondary N) is 1. The van der Waals surface area contributed by atoms with Crippen molar-refractivity contribution in [2.45, 2.75) is 13.8 Å². The Labute approximate surface area is 108 Å². The summed E-state index contributed by atoms with van der Waals surface area (Å²) in [7, 11) is 0. The second-order valence-electron chi connectivity index (χ2n) is 4.36. The number of rotatable bonds is 1. The standard InChI is InChI=1S/C14H12N2OS/c1-8-3-5-10(6-4-8)12-15-13(17)11-7-9(2)18-14(11)16-12/h3-7H,1-2H3,(H,15,16,17). The maximum absolute atomic E-state index is 12.0. The van der Waals surface area contributed by atoms with Crippen molar-refractivity contribution in [2.24, 2.45) is 0 Å². The first-order valence-corrected chi connectivity index (χ1v) is 6.52. The summed E-state index contributed by atoms with van der Waals surface area (Å²) in [5.41, 5.74) is 2.06. The molecule has 4 heteroatoms. The van der Waals surface area contributed by atoms with Crippen LogP contribution in [0.4, 0.5) is 0 Å². The third kappa shape index (κ3) is 1.84. The molecule has 0 aliphatic rings. The van der Waals surface area contributed by atoms with E-state index < -0.39 is 0 Å². The minimum atomic E-state index is -0.0695. The van der Waals surface area contributed by atoms with E-state index in [1.54, 1.807) is 11.3 Å². The van der Waals surface area contributed by atoms with E-state index in [1.165, 1.54) is 5.56 Å². The Morgan fingerprint density at radius 2 is 1.89 bits per heavy atom. The molecule has 0 aliphatic carbocycles. The number of hydrogen-bond acceptors (Lipinski definition) is 3. The van der Waals surface area contributed by atoms with Crippen molar-refractivity contribution in [1.29, 1.82) is 0 Å². The summed E-state index contributed by atoms with van der Waals surface area (Å²) in [4.78, 5) is 21.2. The quantitative estimate of drug-likeness (QED) is 0.726. The van der Waals surface area contributed by atoms with Crippen LogP contribution in [0.15, 0.2) is 35.1 Å². The highest BCUT2D eigenvalue weighted by Crippen LogP contribution is 2.22. The number of thiophene rings is 1. The zero-order valence-electron chi connectivity index (χ0n) is 10.2. The molecule has 2 heterocycles. The second-order valence-corrected chi connectivity index (χ2v) is 5.59. The fourth-order valence-electron chi connectivity index (χ4n) is 1.90. The van der Waals surface area contributed by atoms with Crippen LogP contribution >= 0.6 is 11.3 Å². The lowest BCUT2D eigenvalue weighted by Crippen LogP contribution is -2.07.